The lowest BCUT2D eigenvalue weighted by Crippen LogP contribution is -2.29. The molecule has 0 bridgehead atoms. The average molecular weight is 437 g/mol. The summed E-state index contributed by atoms with van der Waals surface area (Å²) in [7, 11) is 0. The van der Waals surface area contributed by atoms with Crippen molar-refractivity contribution in [1.82, 2.24) is 5.48 Å². The van der Waals surface area contributed by atoms with Crippen molar-refractivity contribution < 1.29 is 19.2 Å². The van der Waals surface area contributed by atoms with Gasteiger partial charge in [-0.3, -0.25) is 14.8 Å². The van der Waals surface area contributed by atoms with Crippen LogP contribution in [0.3, 0.4) is 0 Å². The van der Waals surface area contributed by atoms with Crippen LogP contribution in [0.5, 0.6) is 0 Å². The first-order chi connectivity index (χ1) is 15.0. The van der Waals surface area contributed by atoms with Crippen LogP contribution >= 0.6 is 11.6 Å². The fourth-order valence-corrected chi connectivity index (χ4v) is 3.71. The van der Waals surface area contributed by atoms with Crippen molar-refractivity contribution in [3.05, 3.63) is 99.8 Å². The maximum Gasteiger partial charge on any atom is 0.274 e. The molecule has 4 rings (SSSR count). The first-order valence-corrected chi connectivity index (χ1v) is 9.96. The Morgan fingerprint density at radius 1 is 1.00 bits per heavy atom. The smallest absolute Gasteiger partial charge is 0.274 e. The van der Waals surface area contributed by atoms with Crippen LogP contribution in [-0.4, -0.2) is 23.6 Å². The van der Waals surface area contributed by atoms with Gasteiger partial charge >= 0.3 is 0 Å². The van der Waals surface area contributed by atoms with Crippen LogP contribution < -0.4 is 10.4 Å². The Balaban J connectivity index is 1.73. The van der Waals surface area contributed by atoms with Crippen molar-refractivity contribution in [3.8, 4) is 0 Å². The Morgan fingerprint density at radius 3 is 2.35 bits per heavy atom. The summed E-state index contributed by atoms with van der Waals surface area (Å²) < 4.78 is 13.5. The third kappa shape index (κ3) is 4.35. The summed E-state index contributed by atoms with van der Waals surface area (Å²) in [5.41, 5.74) is 5.24. The lowest BCUT2D eigenvalue weighted by Gasteiger charge is -2.20. The van der Waals surface area contributed by atoms with Gasteiger partial charge in [0.05, 0.1) is 0 Å². The van der Waals surface area contributed by atoms with Gasteiger partial charge in [0, 0.05) is 28.4 Å². The van der Waals surface area contributed by atoms with E-state index in [9.17, 15) is 14.0 Å². The van der Waals surface area contributed by atoms with Gasteiger partial charge in [-0.05, 0) is 71.7 Å². The van der Waals surface area contributed by atoms with E-state index >= 15 is 0 Å². The van der Waals surface area contributed by atoms with E-state index in [0.29, 0.717) is 40.4 Å². The number of halogens is 2. The second-order valence-corrected chi connectivity index (χ2v) is 7.54. The predicted molar refractivity (Wildman–Crippen MR) is 117 cm³/mol. The molecule has 1 aliphatic rings. The molecule has 1 aliphatic heterocycles. The van der Waals surface area contributed by atoms with E-state index in [0.717, 1.165) is 11.1 Å². The summed E-state index contributed by atoms with van der Waals surface area (Å²) in [5, 5.41) is 9.43. The van der Waals surface area contributed by atoms with Crippen molar-refractivity contribution in [1.29, 1.82) is 0 Å². The van der Waals surface area contributed by atoms with Gasteiger partial charge in [-0.15, -0.1) is 0 Å². The molecule has 0 atom stereocenters. The monoisotopic (exact) mass is 436 g/mol. The van der Waals surface area contributed by atoms with Crippen molar-refractivity contribution in [3.63, 3.8) is 0 Å². The minimum Gasteiger partial charge on any atom is -0.308 e. The highest BCUT2D eigenvalue weighted by atomic mass is 35.5. The van der Waals surface area contributed by atoms with E-state index in [1.165, 1.54) is 12.1 Å². The fraction of sp³-hybridized carbons (Fsp3) is 0.0833. The number of anilines is 1. The zero-order valence-corrected chi connectivity index (χ0v) is 17.1. The Bertz CT molecular complexity index is 1170. The number of rotatable bonds is 4. The molecule has 2 amide bonds. The molecule has 3 aromatic carbocycles. The van der Waals surface area contributed by atoms with Gasteiger partial charge in [-0.1, -0.05) is 35.9 Å². The highest BCUT2D eigenvalue weighted by molar-refractivity contribution is 6.31. The van der Waals surface area contributed by atoms with Crippen LogP contribution in [0.4, 0.5) is 10.1 Å². The van der Waals surface area contributed by atoms with Gasteiger partial charge in [0.15, 0.2) is 0 Å². The molecule has 3 aromatic rings. The molecule has 0 saturated carbocycles. The highest BCUT2D eigenvalue weighted by Crippen LogP contribution is 2.32. The molecule has 0 aliphatic carbocycles. The van der Waals surface area contributed by atoms with E-state index in [2.05, 4.69) is 0 Å². The molecule has 156 valence electrons. The molecule has 5 nitrogen and oxygen atoms in total. The molecule has 0 fully saturated rings. The number of carbonyl (C=O) groups is 2. The lowest BCUT2D eigenvalue weighted by molar-refractivity contribution is -0.113. The first-order valence-electron chi connectivity index (χ1n) is 9.58. The zero-order valence-electron chi connectivity index (χ0n) is 16.3. The van der Waals surface area contributed by atoms with Gasteiger partial charge in [0.1, 0.15) is 5.82 Å². The maximum atomic E-state index is 13.6. The van der Waals surface area contributed by atoms with Crippen LogP contribution in [-0.2, 0) is 11.2 Å². The largest absolute Gasteiger partial charge is 0.308 e. The molecule has 0 saturated heterocycles. The van der Waals surface area contributed by atoms with Crippen LogP contribution in [0, 0.1) is 5.82 Å². The summed E-state index contributed by atoms with van der Waals surface area (Å²) >= 11 is 5.97. The molecule has 0 aromatic heterocycles. The number of carbonyl (C=O) groups excluding carboxylic acids is 2. The van der Waals surface area contributed by atoms with Crippen molar-refractivity contribution in [2.45, 2.75) is 6.42 Å². The standard InChI is InChI=1S/C24H18ClFN2O3/c25-19-6-1-15(2-7-19)13-21(16-3-8-20(26)9-4-16)24(30)28-12-11-17-14-18(23(29)27-31)5-10-22(17)28/h1-10,13-14,31H,11-12H2,(H,27,29). The molecule has 0 unspecified atom stereocenters. The third-order valence-electron chi connectivity index (χ3n) is 5.15. The SMILES string of the molecule is O=C(NO)c1ccc2c(c1)CCN2C(=O)C(=Cc1ccc(Cl)cc1)c1ccc(F)cc1. The average Bonchev–Trinajstić information content (AvgIpc) is 3.21. The Labute approximate surface area is 183 Å². The number of fused-ring (bicyclic) bond motifs is 1. The van der Waals surface area contributed by atoms with Crippen LogP contribution in [0.2, 0.25) is 5.02 Å². The number of nitrogens with zero attached hydrogens (tertiary/aromatic N) is 1. The molecular formula is C24H18ClFN2O3. The fourth-order valence-electron chi connectivity index (χ4n) is 3.59. The molecule has 7 heteroatoms. The number of nitrogens with one attached hydrogen (secondary N) is 1. The van der Waals surface area contributed by atoms with Crippen molar-refractivity contribution in [2.75, 3.05) is 11.4 Å². The minimum atomic E-state index is -0.609. The summed E-state index contributed by atoms with van der Waals surface area (Å²) in [6.07, 6.45) is 2.32. The summed E-state index contributed by atoms with van der Waals surface area (Å²) in [4.78, 5) is 26.9. The molecular weight excluding hydrogens is 419 g/mol. The second kappa shape index (κ2) is 8.71. The molecule has 1 heterocycles. The van der Waals surface area contributed by atoms with Crippen LogP contribution in [0.25, 0.3) is 11.6 Å². The molecule has 0 radical (unpaired) electrons. The minimum absolute atomic E-state index is 0.236. The van der Waals surface area contributed by atoms with E-state index in [4.69, 9.17) is 16.8 Å². The van der Waals surface area contributed by atoms with E-state index in [1.807, 2.05) is 0 Å². The van der Waals surface area contributed by atoms with E-state index < -0.39 is 5.91 Å². The second-order valence-electron chi connectivity index (χ2n) is 7.11. The summed E-state index contributed by atoms with van der Waals surface area (Å²) in [6, 6.07) is 17.7. The maximum absolute atomic E-state index is 13.6. The number of benzene rings is 3. The topological polar surface area (TPSA) is 69.6 Å². The van der Waals surface area contributed by atoms with Crippen LogP contribution in [0.15, 0.2) is 66.7 Å². The molecule has 0 spiro atoms. The van der Waals surface area contributed by atoms with Gasteiger partial charge in [0.25, 0.3) is 11.8 Å². The summed E-state index contributed by atoms with van der Waals surface area (Å²) in [5.74, 6) is -1.23. The Morgan fingerprint density at radius 2 is 1.68 bits per heavy atom. The van der Waals surface area contributed by atoms with E-state index in [-0.39, 0.29) is 11.7 Å². The third-order valence-corrected chi connectivity index (χ3v) is 5.40. The predicted octanol–water partition coefficient (Wildman–Crippen LogP) is 4.73. The van der Waals surface area contributed by atoms with Gasteiger partial charge in [-0.2, -0.15) is 0 Å². The van der Waals surface area contributed by atoms with E-state index in [1.54, 1.807) is 71.1 Å². The van der Waals surface area contributed by atoms with Gasteiger partial charge in [0.2, 0.25) is 0 Å². The van der Waals surface area contributed by atoms with Crippen LogP contribution in [0.1, 0.15) is 27.0 Å². The number of hydroxylamine groups is 1. The normalized spacial score (nSPS) is 13.1. The summed E-state index contributed by atoms with van der Waals surface area (Å²) in [6.45, 7) is 0.442. The quantitative estimate of drug-likeness (QED) is 0.269. The van der Waals surface area contributed by atoms with Crippen molar-refractivity contribution in [2.24, 2.45) is 0 Å². The first kappa shape index (κ1) is 20.8. The van der Waals surface area contributed by atoms with Gasteiger partial charge in [-0.25, -0.2) is 9.87 Å². The van der Waals surface area contributed by atoms with Crippen molar-refractivity contribution >= 4 is 40.8 Å². The number of hydrogen-bond acceptors (Lipinski definition) is 3. The number of hydrogen-bond donors (Lipinski definition) is 2. The molecule has 31 heavy (non-hydrogen) atoms. The number of amides is 2. The Kier molecular flexibility index (Phi) is 5.84. The highest BCUT2D eigenvalue weighted by Gasteiger charge is 2.28. The molecule has 2 N–H and O–H groups in total. The zero-order chi connectivity index (χ0) is 22.0. The van der Waals surface area contributed by atoms with Gasteiger partial charge < -0.3 is 4.90 Å². The lowest BCUT2D eigenvalue weighted by atomic mass is 10.0. The Hall–Kier alpha value is -3.48.